The van der Waals surface area contributed by atoms with E-state index in [-0.39, 0.29) is 23.5 Å². The number of hydrogen-bond acceptors (Lipinski definition) is 4. The van der Waals surface area contributed by atoms with E-state index in [1.165, 1.54) is 0 Å². The molecule has 1 atom stereocenters. The highest BCUT2D eigenvalue weighted by molar-refractivity contribution is 5.94. The number of rotatable bonds is 4. The smallest absolute Gasteiger partial charge is 0.336 e. The van der Waals surface area contributed by atoms with Crippen molar-refractivity contribution >= 4 is 5.91 Å². The number of hydrogen-bond donors (Lipinski definition) is 1. The monoisotopic (exact) mass is 312 g/mol. The molecule has 3 saturated carbocycles. The Morgan fingerprint density at radius 2 is 2.18 bits per heavy atom. The van der Waals surface area contributed by atoms with Crippen LogP contribution in [0.25, 0.3) is 0 Å². The van der Waals surface area contributed by atoms with E-state index in [0.29, 0.717) is 18.5 Å². The quantitative estimate of drug-likeness (QED) is 0.897. The molecule has 2 heterocycles. The van der Waals surface area contributed by atoms with E-state index in [0.717, 1.165) is 19.3 Å². The first-order chi connectivity index (χ1) is 10.4. The van der Waals surface area contributed by atoms with Gasteiger partial charge in [0.05, 0.1) is 23.4 Å². The Morgan fingerprint density at radius 1 is 1.45 bits per heavy atom. The molecule has 1 aromatic heterocycles. The van der Waals surface area contributed by atoms with Gasteiger partial charge in [0.1, 0.15) is 0 Å². The molecule has 5 rings (SSSR count). The first kappa shape index (κ1) is 14.1. The highest BCUT2D eigenvalue weighted by Crippen LogP contribution is 2.63. The van der Waals surface area contributed by atoms with E-state index >= 15 is 0 Å². The molecule has 4 fully saturated rings. The zero-order chi connectivity index (χ0) is 15.5. The van der Waals surface area contributed by atoms with Gasteiger partial charge in [-0.15, -0.1) is 0 Å². The van der Waals surface area contributed by atoms with Gasteiger partial charge in [-0.3, -0.25) is 9.48 Å². The molecule has 1 amide bonds. The van der Waals surface area contributed by atoms with Gasteiger partial charge in [0.25, 0.3) is 5.91 Å². The summed E-state index contributed by atoms with van der Waals surface area (Å²) in [5, 5.41) is 4.30. The van der Waals surface area contributed by atoms with Crippen molar-refractivity contribution < 1.29 is 18.3 Å². The lowest BCUT2D eigenvalue weighted by Crippen LogP contribution is -2.76. The molecule has 0 unspecified atom stereocenters. The Kier molecular flexibility index (Phi) is 2.87. The van der Waals surface area contributed by atoms with E-state index < -0.39 is 12.7 Å². The average Bonchev–Trinajstić information content (AvgIpc) is 3.01. The Bertz CT molecular complexity index is 598. The number of alkyl halides is 2. The van der Waals surface area contributed by atoms with Crippen molar-refractivity contribution in [3.8, 4) is 0 Å². The summed E-state index contributed by atoms with van der Waals surface area (Å²) in [6.45, 7) is -2.17. The number of nitrogens with two attached hydrogens (primary N) is 1. The van der Waals surface area contributed by atoms with Crippen molar-refractivity contribution in [3.05, 3.63) is 18.0 Å². The molecule has 0 spiro atoms. The standard InChI is InChI=1S/C14H18F2N4O2/c15-12(16)22-10-1-2-19(5-10)11(21)9-3-18-20(4-9)14-6-13(17,7-14)8-14/h3-4,10,12H,1-2,5-8,17H2/t10-,13?,14?/m1/s1. The molecule has 120 valence electrons. The van der Waals surface area contributed by atoms with Gasteiger partial charge >= 0.3 is 6.61 Å². The lowest BCUT2D eigenvalue weighted by atomic mass is 9.45. The zero-order valence-corrected chi connectivity index (χ0v) is 12.0. The molecular weight excluding hydrogens is 294 g/mol. The Labute approximate surface area is 126 Å². The zero-order valence-electron chi connectivity index (χ0n) is 12.0. The minimum Gasteiger partial charge on any atom is -0.336 e. The second-order valence-electron chi connectivity index (χ2n) is 6.85. The first-order valence-corrected chi connectivity index (χ1v) is 7.46. The predicted molar refractivity (Wildman–Crippen MR) is 72.4 cm³/mol. The fourth-order valence-corrected chi connectivity index (χ4v) is 4.10. The highest BCUT2D eigenvalue weighted by Gasteiger charge is 2.67. The van der Waals surface area contributed by atoms with E-state index in [2.05, 4.69) is 9.84 Å². The maximum Gasteiger partial charge on any atom is 0.345 e. The largest absolute Gasteiger partial charge is 0.345 e. The number of nitrogens with zero attached hydrogens (tertiary/aromatic N) is 3. The predicted octanol–water partition coefficient (Wildman–Crippen LogP) is 0.927. The van der Waals surface area contributed by atoms with Crippen LogP contribution in [0, 0.1) is 0 Å². The van der Waals surface area contributed by atoms with E-state index in [9.17, 15) is 13.6 Å². The van der Waals surface area contributed by atoms with Crippen molar-refractivity contribution in [2.24, 2.45) is 5.73 Å². The van der Waals surface area contributed by atoms with Crippen LogP contribution in [0.2, 0.25) is 0 Å². The van der Waals surface area contributed by atoms with Gasteiger partial charge < -0.3 is 15.4 Å². The Hall–Kier alpha value is -1.54. The van der Waals surface area contributed by atoms with Crippen molar-refractivity contribution in [2.75, 3.05) is 13.1 Å². The van der Waals surface area contributed by atoms with Crippen molar-refractivity contribution in [1.82, 2.24) is 14.7 Å². The molecule has 6 nitrogen and oxygen atoms in total. The molecule has 0 aromatic carbocycles. The number of amides is 1. The molecule has 2 N–H and O–H groups in total. The number of likely N-dealkylation sites (tertiary alicyclic amines) is 1. The lowest BCUT2D eigenvalue weighted by molar-refractivity contribution is -0.158. The number of aromatic nitrogens is 2. The summed E-state index contributed by atoms with van der Waals surface area (Å²) in [7, 11) is 0. The number of ether oxygens (including phenoxy) is 1. The summed E-state index contributed by atoms with van der Waals surface area (Å²) in [6, 6.07) is 0. The van der Waals surface area contributed by atoms with Crippen LogP contribution >= 0.6 is 0 Å². The van der Waals surface area contributed by atoms with Gasteiger partial charge in [-0.25, -0.2) is 0 Å². The molecule has 4 aliphatic rings. The Balaban J connectivity index is 1.41. The van der Waals surface area contributed by atoms with E-state index in [1.807, 2.05) is 4.68 Å². The topological polar surface area (TPSA) is 73.4 Å². The molecule has 1 aromatic rings. The fraction of sp³-hybridized carbons (Fsp3) is 0.714. The SMILES string of the molecule is NC12CC(n3cc(C(=O)N4CC[C@@H](OC(F)F)C4)cn3)(C1)C2. The van der Waals surface area contributed by atoms with Crippen LogP contribution < -0.4 is 5.73 Å². The summed E-state index contributed by atoms with van der Waals surface area (Å²) < 4.78 is 30.7. The van der Waals surface area contributed by atoms with Crippen LogP contribution in [0.5, 0.6) is 0 Å². The van der Waals surface area contributed by atoms with E-state index in [4.69, 9.17) is 5.73 Å². The van der Waals surface area contributed by atoms with Crippen LogP contribution in [0.15, 0.2) is 12.4 Å². The molecule has 1 saturated heterocycles. The van der Waals surface area contributed by atoms with Crippen molar-refractivity contribution in [3.63, 3.8) is 0 Å². The maximum atomic E-state index is 12.4. The molecule has 2 bridgehead atoms. The van der Waals surface area contributed by atoms with Gasteiger partial charge in [0.2, 0.25) is 0 Å². The lowest BCUT2D eigenvalue weighted by Gasteiger charge is -2.68. The summed E-state index contributed by atoms with van der Waals surface area (Å²) in [6.07, 6.45) is 5.86. The third kappa shape index (κ3) is 2.04. The molecule has 0 radical (unpaired) electrons. The van der Waals surface area contributed by atoms with Gasteiger partial charge in [0, 0.05) is 24.8 Å². The van der Waals surface area contributed by atoms with Gasteiger partial charge in [-0.1, -0.05) is 0 Å². The molecule has 3 aliphatic carbocycles. The summed E-state index contributed by atoms with van der Waals surface area (Å²) >= 11 is 0. The van der Waals surface area contributed by atoms with Crippen LogP contribution in [0.4, 0.5) is 8.78 Å². The highest BCUT2D eigenvalue weighted by atomic mass is 19.3. The summed E-state index contributed by atoms with van der Waals surface area (Å²) in [5.74, 6) is -0.180. The molecular formula is C14H18F2N4O2. The van der Waals surface area contributed by atoms with Gasteiger partial charge in [-0.2, -0.15) is 13.9 Å². The number of carbonyl (C=O) groups is 1. The first-order valence-electron chi connectivity index (χ1n) is 7.46. The van der Waals surface area contributed by atoms with Crippen LogP contribution in [0.1, 0.15) is 36.0 Å². The Morgan fingerprint density at radius 3 is 2.82 bits per heavy atom. The van der Waals surface area contributed by atoms with Crippen LogP contribution in [-0.2, 0) is 10.3 Å². The van der Waals surface area contributed by atoms with Crippen molar-refractivity contribution in [2.45, 2.75) is 49.5 Å². The molecule has 22 heavy (non-hydrogen) atoms. The van der Waals surface area contributed by atoms with Crippen LogP contribution in [-0.4, -0.2) is 51.9 Å². The normalized spacial score (nSPS) is 36.4. The van der Waals surface area contributed by atoms with Gasteiger partial charge in [-0.05, 0) is 25.7 Å². The number of carbonyl (C=O) groups excluding carboxylic acids is 1. The second kappa shape index (κ2) is 4.48. The van der Waals surface area contributed by atoms with Crippen LogP contribution in [0.3, 0.4) is 0 Å². The van der Waals surface area contributed by atoms with E-state index in [1.54, 1.807) is 17.3 Å². The summed E-state index contributed by atoms with van der Waals surface area (Å²) in [4.78, 5) is 13.9. The van der Waals surface area contributed by atoms with Crippen molar-refractivity contribution in [1.29, 1.82) is 0 Å². The third-order valence-electron chi connectivity index (χ3n) is 5.09. The third-order valence-corrected chi connectivity index (χ3v) is 5.09. The maximum absolute atomic E-state index is 12.4. The fourth-order valence-electron chi connectivity index (χ4n) is 4.10. The second-order valence-corrected chi connectivity index (χ2v) is 6.85. The minimum absolute atomic E-state index is 0.000385. The summed E-state index contributed by atoms with van der Waals surface area (Å²) in [5.41, 5.74) is 6.51. The molecule has 8 heteroatoms. The average molecular weight is 312 g/mol. The number of halogens is 2. The van der Waals surface area contributed by atoms with Gasteiger partial charge in [0.15, 0.2) is 0 Å². The minimum atomic E-state index is -2.80. The molecule has 1 aliphatic heterocycles.